The summed E-state index contributed by atoms with van der Waals surface area (Å²) in [6.45, 7) is 3.39. The summed E-state index contributed by atoms with van der Waals surface area (Å²) in [5.41, 5.74) is 0.434. The van der Waals surface area contributed by atoms with Crippen LogP contribution in [0.15, 0.2) is 30.3 Å². The third-order valence-corrected chi connectivity index (χ3v) is 2.98. The molecular formula is C14H19N2O4. The Bertz CT molecular complexity index is 428. The molecule has 0 fully saturated rings. The standard InChI is InChI=1S/C14H19N2O4/c1-11(19-3)16(12(2)20-4)14(18)15(10-17)13-8-6-5-7-9-13/h5-9,11-12H,1-4H3. The molecule has 0 aromatic heterocycles. The van der Waals surface area contributed by atoms with Gasteiger partial charge in [0.1, 0.15) is 12.5 Å². The van der Waals surface area contributed by atoms with Gasteiger partial charge in [0.15, 0.2) is 0 Å². The maximum absolute atomic E-state index is 12.5. The van der Waals surface area contributed by atoms with Gasteiger partial charge in [-0.1, -0.05) is 18.2 Å². The van der Waals surface area contributed by atoms with Gasteiger partial charge in [0.25, 0.3) is 0 Å². The average Bonchev–Trinajstić information content (AvgIpc) is 2.48. The van der Waals surface area contributed by atoms with E-state index in [9.17, 15) is 9.59 Å². The molecule has 0 N–H and O–H groups in total. The summed E-state index contributed by atoms with van der Waals surface area (Å²) in [6, 6.07) is 8.00. The van der Waals surface area contributed by atoms with Gasteiger partial charge in [-0.15, -0.1) is 0 Å². The Hall–Kier alpha value is -1.92. The molecule has 20 heavy (non-hydrogen) atoms. The molecule has 0 spiro atoms. The monoisotopic (exact) mass is 279 g/mol. The molecule has 1 aromatic rings. The Morgan fingerprint density at radius 1 is 1.10 bits per heavy atom. The number of carbonyl (C=O) groups excluding carboxylic acids is 2. The summed E-state index contributed by atoms with van der Waals surface area (Å²) in [7, 11) is 2.95. The summed E-state index contributed by atoms with van der Waals surface area (Å²) in [4.78, 5) is 25.9. The number of ether oxygens (including phenoxy) is 2. The minimum Gasteiger partial charge on any atom is -0.362 e. The molecule has 2 unspecified atom stereocenters. The van der Waals surface area contributed by atoms with Gasteiger partial charge in [-0.2, -0.15) is 0 Å². The molecule has 0 aliphatic carbocycles. The van der Waals surface area contributed by atoms with E-state index in [1.165, 1.54) is 19.1 Å². The summed E-state index contributed by atoms with van der Waals surface area (Å²) < 4.78 is 10.3. The Kier molecular flexibility index (Phi) is 6.14. The lowest BCUT2D eigenvalue weighted by Crippen LogP contribution is -2.52. The van der Waals surface area contributed by atoms with Crippen LogP contribution >= 0.6 is 0 Å². The molecular weight excluding hydrogens is 260 g/mol. The number of methoxy groups -OCH3 is 2. The van der Waals surface area contributed by atoms with E-state index in [1.54, 1.807) is 50.6 Å². The second-order valence-corrected chi connectivity index (χ2v) is 4.12. The van der Waals surface area contributed by atoms with Crippen molar-refractivity contribution in [2.75, 3.05) is 19.1 Å². The van der Waals surface area contributed by atoms with Gasteiger partial charge >= 0.3 is 12.4 Å². The molecule has 0 heterocycles. The highest BCUT2D eigenvalue weighted by Gasteiger charge is 2.30. The Balaban J connectivity index is 3.06. The molecule has 0 saturated heterocycles. The van der Waals surface area contributed by atoms with Crippen molar-refractivity contribution in [1.82, 2.24) is 4.90 Å². The maximum Gasteiger partial charge on any atom is 0.335 e. The van der Waals surface area contributed by atoms with Crippen LogP contribution in [0, 0.1) is 0 Å². The number of benzene rings is 1. The second kappa shape index (κ2) is 7.62. The number of hydrogen-bond acceptors (Lipinski definition) is 4. The minimum absolute atomic E-state index is 0.434. The van der Waals surface area contributed by atoms with Crippen LogP contribution in [0.1, 0.15) is 13.8 Å². The van der Waals surface area contributed by atoms with Gasteiger partial charge in [0.2, 0.25) is 0 Å². The number of anilines is 1. The number of carbonyl (C=O) groups is 1. The molecule has 1 aromatic carbocycles. The fourth-order valence-corrected chi connectivity index (χ4v) is 1.73. The van der Waals surface area contributed by atoms with Crippen molar-refractivity contribution in [2.45, 2.75) is 26.3 Å². The second-order valence-electron chi connectivity index (χ2n) is 4.12. The zero-order valence-corrected chi connectivity index (χ0v) is 12.1. The summed E-state index contributed by atoms with van der Waals surface area (Å²) in [5.74, 6) is 0. The van der Waals surface area contributed by atoms with Gasteiger partial charge in [-0.25, -0.2) is 9.69 Å². The van der Waals surface area contributed by atoms with E-state index in [-0.39, 0.29) is 0 Å². The number of urea groups is 1. The quantitative estimate of drug-likeness (QED) is 0.590. The largest absolute Gasteiger partial charge is 0.362 e. The fraction of sp³-hybridized carbons (Fsp3) is 0.429. The number of amides is 3. The first kappa shape index (κ1) is 16.1. The highest BCUT2D eigenvalue weighted by molar-refractivity contribution is 6.06. The number of nitrogens with zero attached hydrogens (tertiary/aromatic N) is 2. The van der Waals surface area contributed by atoms with Crippen molar-refractivity contribution in [3.8, 4) is 0 Å². The molecule has 1 rings (SSSR count). The van der Waals surface area contributed by atoms with Crippen molar-refractivity contribution in [3.05, 3.63) is 30.3 Å². The molecule has 109 valence electrons. The smallest absolute Gasteiger partial charge is 0.335 e. The predicted octanol–water partition coefficient (Wildman–Crippen LogP) is 1.97. The summed E-state index contributed by atoms with van der Waals surface area (Å²) >= 11 is 0. The average molecular weight is 279 g/mol. The van der Waals surface area contributed by atoms with Gasteiger partial charge in [0.05, 0.1) is 5.69 Å². The Morgan fingerprint density at radius 2 is 1.60 bits per heavy atom. The number of para-hydroxylation sites is 1. The van der Waals surface area contributed by atoms with Crippen LogP contribution < -0.4 is 4.90 Å². The topological polar surface area (TPSA) is 59.1 Å². The van der Waals surface area contributed by atoms with E-state index in [0.29, 0.717) is 5.69 Å². The molecule has 2 atom stereocenters. The lowest BCUT2D eigenvalue weighted by Gasteiger charge is -2.34. The molecule has 6 nitrogen and oxygen atoms in total. The zero-order chi connectivity index (χ0) is 15.1. The van der Waals surface area contributed by atoms with Gasteiger partial charge in [-0.05, 0) is 26.0 Å². The van der Waals surface area contributed by atoms with E-state index < -0.39 is 18.5 Å². The maximum atomic E-state index is 12.5. The lowest BCUT2D eigenvalue weighted by molar-refractivity contribution is -0.0855. The summed E-state index contributed by atoms with van der Waals surface area (Å²) in [5, 5.41) is 0. The molecule has 0 aliphatic rings. The first-order chi connectivity index (χ1) is 9.56. The van der Waals surface area contributed by atoms with Crippen molar-refractivity contribution in [2.24, 2.45) is 0 Å². The van der Waals surface area contributed by atoms with Crippen LogP contribution in [0.5, 0.6) is 0 Å². The van der Waals surface area contributed by atoms with Crippen LogP contribution in [-0.2, 0) is 14.3 Å². The normalized spacial score (nSPS) is 13.4. The van der Waals surface area contributed by atoms with E-state index in [0.717, 1.165) is 4.90 Å². The Labute approximate surface area is 118 Å². The molecule has 6 heteroatoms. The number of hydrogen-bond donors (Lipinski definition) is 0. The highest BCUT2D eigenvalue weighted by atomic mass is 16.5. The number of rotatable bonds is 6. The molecule has 0 bridgehead atoms. The molecule has 0 aliphatic heterocycles. The first-order valence-electron chi connectivity index (χ1n) is 6.17. The van der Waals surface area contributed by atoms with Crippen LogP contribution in [0.3, 0.4) is 0 Å². The van der Waals surface area contributed by atoms with Crippen LogP contribution in [-0.4, -0.2) is 44.0 Å². The van der Waals surface area contributed by atoms with Crippen molar-refractivity contribution in [1.29, 1.82) is 0 Å². The third-order valence-electron chi connectivity index (χ3n) is 2.98. The molecule has 3 amide bonds. The third kappa shape index (κ3) is 3.55. The van der Waals surface area contributed by atoms with Gasteiger partial charge in [-0.3, -0.25) is 9.69 Å². The fourth-order valence-electron chi connectivity index (χ4n) is 1.73. The van der Waals surface area contributed by atoms with E-state index >= 15 is 0 Å². The van der Waals surface area contributed by atoms with Crippen LogP contribution in [0.2, 0.25) is 0 Å². The van der Waals surface area contributed by atoms with E-state index in [2.05, 4.69) is 0 Å². The lowest BCUT2D eigenvalue weighted by atomic mass is 10.3. The van der Waals surface area contributed by atoms with Crippen molar-refractivity contribution in [3.63, 3.8) is 0 Å². The molecule has 1 radical (unpaired) electrons. The first-order valence-corrected chi connectivity index (χ1v) is 6.17. The zero-order valence-electron chi connectivity index (χ0n) is 12.1. The van der Waals surface area contributed by atoms with E-state index in [1.807, 2.05) is 0 Å². The molecule has 0 saturated carbocycles. The van der Waals surface area contributed by atoms with Crippen molar-refractivity contribution < 1.29 is 19.1 Å². The van der Waals surface area contributed by atoms with Crippen LogP contribution in [0.25, 0.3) is 0 Å². The van der Waals surface area contributed by atoms with Gasteiger partial charge in [0, 0.05) is 14.2 Å². The van der Waals surface area contributed by atoms with E-state index in [4.69, 9.17) is 9.47 Å². The highest BCUT2D eigenvalue weighted by Crippen LogP contribution is 2.17. The Morgan fingerprint density at radius 3 is 2.00 bits per heavy atom. The SMILES string of the molecule is COC(C)N(C(=O)N([C]=O)c1ccccc1)C(C)OC. The summed E-state index contributed by atoms with van der Waals surface area (Å²) in [6.07, 6.45) is 0.549. The predicted molar refractivity (Wildman–Crippen MR) is 74.8 cm³/mol. The minimum atomic E-state index is -0.560. The van der Waals surface area contributed by atoms with Crippen LogP contribution in [0.4, 0.5) is 10.5 Å². The van der Waals surface area contributed by atoms with Gasteiger partial charge < -0.3 is 9.47 Å². The van der Waals surface area contributed by atoms with Crippen molar-refractivity contribution >= 4 is 18.1 Å². The number of imide groups is 1.